The summed E-state index contributed by atoms with van der Waals surface area (Å²) in [6, 6.07) is 23.0. The fourth-order valence-corrected chi connectivity index (χ4v) is 4.25. The van der Waals surface area contributed by atoms with Crippen molar-refractivity contribution in [1.29, 1.82) is 0 Å². The van der Waals surface area contributed by atoms with Gasteiger partial charge >= 0.3 is 0 Å². The molecule has 0 heterocycles. The molecule has 0 fully saturated rings. The largest absolute Gasteiger partial charge is 0.277 e. The second kappa shape index (κ2) is 9.43. The summed E-state index contributed by atoms with van der Waals surface area (Å²) in [4.78, 5) is 11.0. The molecule has 3 aromatic carbocycles. The molecule has 0 saturated carbocycles. The first kappa shape index (κ1) is 20.0. The van der Waals surface area contributed by atoms with Crippen molar-refractivity contribution in [2.45, 2.75) is 20.8 Å². The average molecular weight is 384 g/mol. The molecule has 0 amide bonds. The van der Waals surface area contributed by atoms with E-state index in [1.807, 2.05) is 93.6 Å². The van der Waals surface area contributed by atoms with Crippen molar-refractivity contribution in [3.8, 4) is 0 Å². The predicted octanol–water partition coefficient (Wildman–Crippen LogP) is 5.46. The summed E-state index contributed by atoms with van der Waals surface area (Å²) in [6.07, 6.45) is 0. The van der Waals surface area contributed by atoms with Gasteiger partial charge in [-0.25, -0.2) is 0 Å². The van der Waals surface area contributed by atoms with E-state index in [0.29, 0.717) is 5.56 Å². The first-order chi connectivity index (χ1) is 12.4. The summed E-state index contributed by atoms with van der Waals surface area (Å²) in [5.74, 6) is 0. The van der Waals surface area contributed by atoms with E-state index < -0.39 is 7.80 Å². The van der Waals surface area contributed by atoms with Crippen LogP contribution >= 0.6 is 19.4 Å². The summed E-state index contributed by atoms with van der Waals surface area (Å²) in [6.45, 7) is 5.80. The zero-order valence-electron chi connectivity index (χ0n) is 15.1. The van der Waals surface area contributed by atoms with Gasteiger partial charge in [0.15, 0.2) is 0 Å². The van der Waals surface area contributed by atoms with E-state index in [1.165, 1.54) is 0 Å². The smallest absolute Gasteiger partial charge is 0.252 e. The Hall–Kier alpha value is -2.28. The molecule has 3 rings (SSSR count). The highest BCUT2D eigenvalue weighted by Gasteiger charge is 2.09. The van der Waals surface area contributed by atoms with Crippen molar-refractivity contribution in [1.82, 2.24) is 0 Å². The van der Waals surface area contributed by atoms with Crippen LogP contribution in [0.5, 0.6) is 0 Å². The normalized spacial score (nSPS) is 9.85. The van der Waals surface area contributed by atoms with E-state index in [2.05, 4.69) is 0 Å². The maximum absolute atomic E-state index is 12.0. The van der Waals surface area contributed by atoms with Crippen LogP contribution in [-0.4, -0.2) is 5.24 Å². The van der Waals surface area contributed by atoms with Crippen LogP contribution in [-0.2, 0) is 4.57 Å². The molecule has 0 saturated heterocycles. The molecule has 0 N–H and O–H groups in total. The lowest BCUT2D eigenvalue weighted by atomic mass is 10.0. The van der Waals surface area contributed by atoms with Gasteiger partial charge in [0.2, 0.25) is 0 Å². The third-order valence-electron chi connectivity index (χ3n) is 3.85. The Morgan fingerprint density at radius 2 is 1.15 bits per heavy atom. The highest BCUT2D eigenvalue weighted by Crippen LogP contribution is 2.18. The molecule has 0 unspecified atom stereocenters. The first-order valence-corrected chi connectivity index (χ1v) is 9.89. The standard InChI is InChI=1S/C12H10OP.C10H11ClO/c13-14(11-7-3-1-4-8-11)12-9-5-2-6-10-12;1-6-4-7(2)9(10(11)12)8(3)5-6/h1-10H;4-5H,1-3H3. The second-order valence-corrected chi connectivity index (χ2v) is 7.98. The van der Waals surface area contributed by atoms with Crippen molar-refractivity contribution in [3.63, 3.8) is 0 Å². The lowest BCUT2D eigenvalue weighted by Crippen LogP contribution is -2.04. The van der Waals surface area contributed by atoms with Gasteiger partial charge < -0.3 is 0 Å². The Morgan fingerprint density at radius 3 is 1.50 bits per heavy atom. The number of hydrogen-bond acceptors (Lipinski definition) is 2. The Labute approximate surface area is 160 Å². The summed E-state index contributed by atoms with van der Waals surface area (Å²) < 4.78 is 12.0. The topological polar surface area (TPSA) is 34.1 Å². The fraction of sp³-hybridized carbons (Fsp3) is 0.136. The minimum absolute atomic E-state index is 0.370. The van der Waals surface area contributed by atoms with Gasteiger partial charge in [-0.1, -0.05) is 54.1 Å². The minimum atomic E-state index is -1.42. The van der Waals surface area contributed by atoms with Crippen molar-refractivity contribution in [2.24, 2.45) is 0 Å². The van der Waals surface area contributed by atoms with Crippen LogP contribution in [0.2, 0.25) is 0 Å². The number of carbonyl (C=O) groups is 1. The van der Waals surface area contributed by atoms with Crippen molar-refractivity contribution in [3.05, 3.63) is 95.1 Å². The number of halogens is 1. The Balaban J connectivity index is 0.000000190. The van der Waals surface area contributed by atoms with Gasteiger partial charge in [-0.2, -0.15) is 0 Å². The van der Waals surface area contributed by atoms with Crippen LogP contribution in [0.15, 0.2) is 72.8 Å². The zero-order valence-corrected chi connectivity index (χ0v) is 16.7. The molecule has 3 aromatic rings. The van der Waals surface area contributed by atoms with Gasteiger partial charge in [0.25, 0.3) is 5.24 Å². The van der Waals surface area contributed by atoms with Crippen LogP contribution in [0.1, 0.15) is 27.0 Å². The Bertz CT molecular complexity index is 841. The monoisotopic (exact) mass is 383 g/mol. The highest BCUT2D eigenvalue weighted by atomic mass is 35.5. The van der Waals surface area contributed by atoms with Gasteiger partial charge in [-0.15, -0.1) is 0 Å². The van der Waals surface area contributed by atoms with Gasteiger partial charge in [-0.3, -0.25) is 9.36 Å². The molecule has 133 valence electrons. The quantitative estimate of drug-likeness (QED) is 0.445. The van der Waals surface area contributed by atoms with Gasteiger partial charge in [-0.05, 0) is 67.8 Å². The molecule has 0 aromatic heterocycles. The second-order valence-electron chi connectivity index (χ2n) is 6.01. The molecule has 2 nitrogen and oxygen atoms in total. The average Bonchev–Trinajstić information content (AvgIpc) is 2.62. The van der Waals surface area contributed by atoms with Gasteiger partial charge in [0.1, 0.15) is 7.80 Å². The molecule has 0 bridgehead atoms. The molecule has 1 radical (unpaired) electrons. The Kier molecular flexibility index (Phi) is 7.26. The van der Waals surface area contributed by atoms with E-state index >= 15 is 0 Å². The van der Waals surface area contributed by atoms with E-state index in [1.54, 1.807) is 0 Å². The molecule has 4 heteroatoms. The molecule has 0 aliphatic heterocycles. The molecule has 0 aliphatic rings. The number of aryl methyl sites for hydroxylation is 3. The lowest BCUT2D eigenvalue weighted by molar-refractivity contribution is 0.108. The third-order valence-corrected chi connectivity index (χ3v) is 5.58. The first-order valence-electron chi connectivity index (χ1n) is 8.25. The summed E-state index contributed by atoms with van der Waals surface area (Å²) in [5, 5.41) is 1.40. The van der Waals surface area contributed by atoms with Crippen LogP contribution in [0, 0.1) is 20.8 Å². The highest BCUT2D eigenvalue weighted by molar-refractivity contribution is 7.61. The van der Waals surface area contributed by atoms with Crippen molar-refractivity contribution in [2.75, 3.05) is 0 Å². The van der Waals surface area contributed by atoms with Crippen LogP contribution in [0.25, 0.3) is 0 Å². The van der Waals surface area contributed by atoms with Crippen LogP contribution in [0.3, 0.4) is 0 Å². The third kappa shape index (κ3) is 5.36. The van der Waals surface area contributed by atoms with E-state index in [4.69, 9.17) is 11.6 Å². The molecule has 0 spiro atoms. The number of carbonyl (C=O) groups excluding carboxylic acids is 1. The van der Waals surface area contributed by atoms with E-state index in [9.17, 15) is 9.36 Å². The summed E-state index contributed by atoms with van der Waals surface area (Å²) in [5.41, 5.74) is 3.70. The fourth-order valence-electron chi connectivity index (χ4n) is 2.77. The minimum Gasteiger partial charge on any atom is -0.277 e. The zero-order chi connectivity index (χ0) is 19.1. The molecular weight excluding hydrogens is 363 g/mol. The molecular formula is C22H21ClO2P. The number of hydrogen-bond donors (Lipinski definition) is 0. The lowest BCUT2D eigenvalue weighted by Gasteiger charge is -2.05. The summed E-state index contributed by atoms with van der Waals surface area (Å²) in [7, 11) is -1.42. The molecule has 26 heavy (non-hydrogen) atoms. The maximum atomic E-state index is 12.0. The van der Waals surface area contributed by atoms with Gasteiger partial charge in [0.05, 0.1) is 0 Å². The number of benzene rings is 3. The Morgan fingerprint density at radius 1 is 0.769 bits per heavy atom. The number of rotatable bonds is 3. The SMILES string of the molecule is Cc1cc(C)c(C(=O)Cl)c(C)c1.O=[P](c1ccccc1)c1ccccc1. The van der Waals surface area contributed by atoms with E-state index in [0.717, 1.165) is 27.3 Å². The van der Waals surface area contributed by atoms with Crippen LogP contribution < -0.4 is 10.6 Å². The van der Waals surface area contributed by atoms with Gasteiger partial charge in [0, 0.05) is 16.2 Å². The maximum Gasteiger partial charge on any atom is 0.252 e. The van der Waals surface area contributed by atoms with Crippen molar-refractivity contribution < 1.29 is 9.36 Å². The van der Waals surface area contributed by atoms with Crippen molar-refractivity contribution >= 4 is 35.3 Å². The summed E-state index contributed by atoms with van der Waals surface area (Å²) >= 11 is 5.43. The van der Waals surface area contributed by atoms with Crippen LogP contribution in [0.4, 0.5) is 0 Å². The molecule has 0 aliphatic carbocycles. The predicted molar refractivity (Wildman–Crippen MR) is 111 cm³/mol. The van der Waals surface area contributed by atoms with E-state index in [-0.39, 0.29) is 5.24 Å². The molecule has 0 atom stereocenters.